The molecule has 2 aliphatic rings. The molecule has 0 aromatic heterocycles. The molecule has 0 saturated carbocycles. The molecule has 1 aromatic rings. The minimum atomic E-state index is -0.997. The molecule has 2 heterocycles. The largest absolute Gasteiger partial charge is 0.329 e. The number of carbonyl (C=O) groups excluding carboxylic acids is 3. The normalized spacial score (nSPS) is 24.9. The second-order valence-electron chi connectivity index (χ2n) is 6.96. The number of benzene rings is 1. The monoisotopic (exact) mass is 360 g/mol. The van der Waals surface area contributed by atoms with E-state index in [9.17, 15) is 24.5 Å². The Morgan fingerprint density at radius 1 is 1.04 bits per heavy atom. The number of rotatable bonds is 3. The number of nitro benzene ring substituents is 1. The van der Waals surface area contributed by atoms with Gasteiger partial charge in [-0.1, -0.05) is 12.1 Å². The molecular weight excluding hydrogens is 340 g/mol. The van der Waals surface area contributed by atoms with Gasteiger partial charge in [-0.15, -0.1) is 0 Å². The highest BCUT2D eigenvalue weighted by Gasteiger charge is 2.50. The zero-order chi connectivity index (χ0) is 19.1. The number of amides is 2. The predicted molar refractivity (Wildman–Crippen MR) is 91.1 cm³/mol. The van der Waals surface area contributed by atoms with Crippen LogP contribution in [0.4, 0.5) is 5.69 Å². The van der Waals surface area contributed by atoms with Crippen LogP contribution in [0.2, 0.25) is 0 Å². The number of hydrogen-bond acceptors (Lipinski definition) is 6. The Labute approximate surface area is 150 Å². The van der Waals surface area contributed by atoms with Gasteiger partial charge in [-0.3, -0.25) is 29.4 Å². The van der Waals surface area contributed by atoms with E-state index in [1.54, 1.807) is 9.80 Å². The molecule has 0 N–H and O–H groups in total. The van der Waals surface area contributed by atoms with Crippen molar-refractivity contribution in [3.8, 4) is 0 Å². The fraction of sp³-hybridized carbons (Fsp3) is 0.471. The summed E-state index contributed by atoms with van der Waals surface area (Å²) in [4.78, 5) is 52.7. The number of nitro groups is 1. The van der Waals surface area contributed by atoms with E-state index in [1.165, 1.54) is 38.1 Å². The average Bonchev–Trinajstić information content (AvgIpc) is 2.60. The number of non-ortho nitro benzene ring substituents is 1. The predicted octanol–water partition coefficient (Wildman–Crippen LogP) is 0.705. The summed E-state index contributed by atoms with van der Waals surface area (Å²) in [6.45, 7) is 4.36. The van der Waals surface area contributed by atoms with Crippen LogP contribution in [0, 0.1) is 15.5 Å². The number of nitrogens with zero attached hydrogens (tertiary/aromatic N) is 4. The third kappa shape index (κ3) is 3.17. The van der Waals surface area contributed by atoms with Gasteiger partial charge in [0.15, 0.2) is 5.78 Å². The first-order valence-electron chi connectivity index (χ1n) is 8.24. The number of ketones is 1. The Hall–Kier alpha value is -2.81. The molecule has 2 amide bonds. The molecular formula is C17H20N4O5. The maximum atomic E-state index is 13.3. The van der Waals surface area contributed by atoms with Crippen molar-refractivity contribution in [2.45, 2.75) is 13.8 Å². The van der Waals surface area contributed by atoms with Crippen LogP contribution >= 0.6 is 0 Å². The minimum Gasteiger partial charge on any atom is -0.329 e. The fourth-order valence-electron chi connectivity index (χ4n) is 3.74. The maximum Gasteiger partial charge on any atom is 0.270 e. The summed E-state index contributed by atoms with van der Waals surface area (Å²) in [6, 6.07) is 5.58. The Kier molecular flexibility index (Phi) is 4.49. The molecule has 3 rings (SSSR count). The topological polar surface area (TPSA) is 104 Å². The van der Waals surface area contributed by atoms with Gasteiger partial charge in [-0.05, 0) is 0 Å². The minimum absolute atomic E-state index is 0.151. The highest BCUT2D eigenvalue weighted by atomic mass is 16.6. The third-order valence-corrected chi connectivity index (χ3v) is 4.95. The van der Waals surface area contributed by atoms with Crippen molar-refractivity contribution in [1.29, 1.82) is 0 Å². The van der Waals surface area contributed by atoms with Gasteiger partial charge in [0.2, 0.25) is 11.8 Å². The van der Waals surface area contributed by atoms with E-state index in [0.29, 0.717) is 19.9 Å². The molecule has 138 valence electrons. The van der Waals surface area contributed by atoms with Gasteiger partial charge in [0.05, 0.1) is 23.7 Å². The quantitative estimate of drug-likeness (QED) is 0.447. The molecule has 1 aromatic carbocycles. The van der Waals surface area contributed by atoms with Crippen LogP contribution in [0.3, 0.4) is 0 Å². The Morgan fingerprint density at radius 2 is 1.62 bits per heavy atom. The van der Waals surface area contributed by atoms with Gasteiger partial charge in [0.25, 0.3) is 5.69 Å². The van der Waals surface area contributed by atoms with Gasteiger partial charge in [-0.25, -0.2) is 0 Å². The van der Waals surface area contributed by atoms with E-state index < -0.39 is 10.3 Å². The molecule has 9 nitrogen and oxygen atoms in total. The summed E-state index contributed by atoms with van der Waals surface area (Å²) < 4.78 is 0. The van der Waals surface area contributed by atoms with Crippen LogP contribution < -0.4 is 0 Å². The number of carbonyl (C=O) groups is 3. The van der Waals surface area contributed by atoms with Crippen LogP contribution in [0.15, 0.2) is 24.3 Å². The average molecular weight is 360 g/mol. The van der Waals surface area contributed by atoms with Gasteiger partial charge in [0, 0.05) is 51.2 Å². The van der Waals surface area contributed by atoms with E-state index in [-0.39, 0.29) is 41.9 Å². The first-order chi connectivity index (χ1) is 12.2. The van der Waals surface area contributed by atoms with E-state index in [2.05, 4.69) is 0 Å². The second-order valence-corrected chi connectivity index (χ2v) is 6.96. The molecule has 0 spiro atoms. The lowest BCUT2D eigenvalue weighted by Crippen LogP contribution is -2.69. The molecule has 0 aliphatic carbocycles. The van der Waals surface area contributed by atoms with E-state index >= 15 is 0 Å². The lowest BCUT2D eigenvalue weighted by atomic mass is 9.76. The summed E-state index contributed by atoms with van der Waals surface area (Å²) in [5, 5.41) is 11.0. The van der Waals surface area contributed by atoms with Crippen molar-refractivity contribution in [2.24, 2.45) is 5.41 Å². The lowest BCUT2D eigenvalue weighted by molar-refractivity contribution is -0.384. The highest BCUT2D eigenvalue weighted by molar-refractivity contribution is 6.02. The zero-order valence-corrected chi connectivity index (χ0v) is 14.7. The van der Waals surface area contributed by atoms with E-state index in [0.717, 1.165) is 0 Å². The summed E-state index contributed by atoms with van der Waals surface area (Å²) in [5.41, 5.74) is -0.944. The SMILES string of the molecule is CC(=O)N1CN2CN(C(C)=O)CC(C(=O)c3cccc([N+](=O)[O-])c3)(C2)C1. The first-order valence-corrected chi connectivity index (χ1v) is 8.24. The summed E-state index contributed by atoms with van der Waals surface area (Å²) in [7, 11) is 0. The summed E-state index contributed by atoms with van der Waals surface area (Å²) in [5.74, 6) is -0.590. The Bertz CT molecular complexity index is 767. The molecule has 0 atom stereocenters. The fourth-order valence-corrected chi connectivity index (χ4v) is 3.74. The first kappa shape index (κ1) is 18.0. The van der Waals surface area contributed by atoms with Gasteiger partial charge in [0.1, 0.15) is 0 Å². The third-order valence-electron chi connectivity index (χ3n) is 4.95. The van der Waals surface area contributed by atoms with Crippen molar-refractivity contribution in [3.05, 3.63) is 39.9 Å². The molecule has 2 aliphatic heterocycles. The molecule has 0 unspecified atom stereocenters. The van der Waals surface area contributed by atoms with Gasteiger partial charge in [-0.2, -0.15) is 0 Å². The van der Waals surface area contributed by atoms with Gasteiger partial charge < -0.3 is 9.80 Å². The molecule has 2 fully saturated rings. The van der Waals surface area contributed by atoms with Crippen molar-refractivity contribution in [3.63, 3.8) is 0 Å². The van der Waals surface area contributed by atoms with E-state index in [1.807, 2.05) is 4.90 Å². The second kappa shape index (κ2) is 6.49. The summed E-state index contributed by atoms with van der Waals surface area (Å²) in [6.07, 6.45) is 0. The Balaban J connectivity index is 2.00. The molecule has 26 heavy (non-hydrogen) atoms. The van der Waals surface area contributed by atoms with Crippen LogP contribution in [-0.4, -0.2) is 70.2 Å². The smallest absolute Gasteiger partial charge is 0.270 e. The van der Waals surface area contributed by atoms with Crippen LogP contribution in [-0.2, 0) is 9.59 Å². The maximum absolute atomic E-state index is 13.3. The standard InChI is InChI=1S/C17H20N4O5/c1-12(22)19-8-17(7-18(10-19)11-20(9-17)13(2)23)16(24)14-4-3-5-15(6-14)21(25)26/h3-6H,7-11H2,1-2H3. The van der Waals surface area contributed by atoms with Crippen LogP contribution in [0.5, 0.6) is 0 Å². The molecule has 9 heteroatoms. The number of fused-ring (bicyclic) bond motifs is 2. The molecule has 2 bridgehead atoms. The van der Waals surface area contributed by atoms with Crippen molar-refractivity contribution in [2.75, 3.05) is 33.0 Å². The number of hydrogen-bond donors (Lipinski definition) is 0. The van der Waals surface area contributed by atoms with E-state index in [4.69, 9.17) is 0 Å². The zero-order valence-electron chi connectivity index (χ0n) is 14.7. The summed E-state index contributed by atoms with van der Waals surface area (Å²) >= 11 is 0. The van der Waals surface area contributed by atoms with Crippen LogP contribution in [0.25, 0.3) is 0 Å². The number of Topliss-reactive ketones (excluding diaryl/α,β-unsaturated/α-hetero) is 1. The Morgan fingerprint density at radius 3 is 2.12 bits per heavy atom. The van der Waals surface area contributed by atoms with Gasteiger partial charge >= 0.3 is 0 Å². The van der Waals surface area contributed by atoms with Crippen molar-refractivity contribution < 1.29 is 19.3 Å². The van der Waals surface area contributed by atoms with Crippen molar-refractivity contribution >= 4 is 23.3 Å². The lowest BCUT2D eigenvalue weighted by Gasteiger charge is -2.53. The highest BCUT2D eigenvalue weighted by Crippen LogP contribution is 2.35. The molecule has 2 saturated heterocycles. The van der Waals surface area contributed by atoms with Crippen LogP contribution in [0.1, 0.15) is 24.2 Å². The molecule has 0 radical (unpaired) electrons. The van der Waals surface area contributed by atoms with Crippen molar-refractivity contribution in [1.82, 2.24) is 14.7 Å².